The topological polar surface area (TPSA) is 107 Å². The Morgan fingerprint density at radius 2 is 2.29 bits per heavy atom. The Labute approximate surface area is 99.9 Å². The summed E-state index contributed by atoms with van der Waals surface area (Å²) in [6.45, 7) is 0. The molecule has 1 aromatic heterocycles. The first-order valence-electron chi connectivity index (χ1n) is 5.02. The molecule has 0 saturated heterocycles. The highest BCUT2D eigenvalue weighted by atomic mass is 32.2. The number of aryl methyl sites for hydroxylation is 1. The zero-order chi connectivity index (χ0) is 13.1. The summed E-state index contributed by atoms with van der Waals surface area (Å²) in [5, 5.41) is 6.46. The Kier molecular flexibility index (Phi) is 4.24. The summed E-state index contributed by atoms with van der Waals surface area (Å²) in [6, 6.07) is 0.771. The second-order valence-corrected chi connectivity index (χ2v) is 6.15. The van der Waals surface area contributed by atoms with Crippen LogP contribution in [0.15, 0.2) is 12.3 Å². The van der Waals surface area contributed by atoms with Gasteiger partial charge in [-0.3, -0.25) is 9.48 Å². The van der Waals surface area contributed by atoms with Crippen molar-refractivity contribution in [2.45, 2.75) is 12.5 Å². The predicted molar refractivity (Wildman–Crippen MR) is 64.1 cm³/mol. The second kappa shape index (κ2) is 5.28. The molecule has 1 aromatic rings. The van der Waals surface area contributed by atoms with Crippen molar-refractivity contribution in [3.8, 4) is 0 Å². The SMILES string of the molecule is Cn1ccc(NC(=O)[C@@H](N)CCS(C)(=O)=O)n1. The Balaban J connectivity index is 2.47. The summed E-state index contributed by atoms with van der Waals surface area (Å²) in [4.78, 5) is 11.6. The molecule has 17 heavy (non-hydrogen) atoms. The van der Waals surface area contributed by atoms with Crippen molar-refractivity contribution in [2.24, 2.45) is 12.8 Å². The first kappa shape index (κ1) is 13.7. The Morgan fingerprint density at radius 1 is 1.65 bits per heavy atom. The summed E-state index contributed by atoms with van der Waals surface area (Å²) in [6.07, 6.45) is 2.88. The number of nitrogens with one attached hydrogen (secondary N) is 1. The zero-order valence-electron chi connectivity index (χ0n) is 9.75. The quantitative estimate of drug-likeness (QED) is 0.715. The van der Waals surface area contributed by atoms with Gasteiger partial charge in [-0.2, -0.15) is 5.10 Å². The molecule has 1 heterocycles. The molecule has 0 aliphatic carbocycles. The number of hydrogen-bond acceptors (Lipinski definition) is 5. The van der Waals surface area contributed by atoms with Gasteiger partial charge in [-0.05, 0) is 6.42 Å². The summed E-state index contributed by atoms with van der Waals surface area (Å²) in [5.41, 5.74) is 5.57. The van der Waals surface area contributed by atoms with Gasteiger partial charge < -0.3 is 11.1 Å². The molecular formula is C9H16N4O3S. The maximum Gasteiger partial charge on any atom is 0.242 e. The van der Waals surface area contributed by atoms with Crippen LogP contribution < -0.4 is 11.1 Å². The Bertz CT molecular complexity index is 494. The highest BCUT2D eigenvalue weighted by Gasteiger charge is 2.16. The van der Waals surface area contributed by atoms with Crippen molar-refractivity contribution >= 4 is 21.6 Å². The minimum Gasteiger partial charge on any atom is -0.320 e. The molecule has 7 nitrogen and oxygen atoms in total. The van der Waals surface area contributed by atoms with Crippen molar-refractivity contribution < 1.29 is 13.2 Å². The number of hydrogen-bond donors (Lipinski definition) is 2. The van der Waals surface area contributed by atoms with E-state index in [2.05, 4.69) is 10.4 Å². The van der Waals surface area contributed by atoms with Gasteiger partial charge in [0.1, 0.15) is 9.84 Å². The number of rotatable bonds is 5. The van der Waals surface area contributed by atoms with Gasteiger partial charge in [0.05, 0.1) is 11.8 Å². The van der Waals surface area contributed by atoms with E-state index < -0.39 is 21.8 Å². The summed E-state index contributed by atoms with van der Waals surface area (Å²) >= 11 is 0. The fourth-order valence-electron chi connectivity index (χ4n) is 1.17. The van der Waals surface area contributed by atoms with Gasteiger partial charge in [-0.15, -0.1) is 0 Å². The Hall–Kier alpha value is -1.41. The van der Waals surface area contributed by atoms with Crippen LogP contribution in [0.2, 0.25) is 0 Å². The van der Waals surface area contributed by atoms with Crippen LogP contribution >= 0.6 is 0 Å². The number of carbonyl (C=O) groups excluding carboxylic acids is 1. The van der Waals surface area contributed by atoms with Crippen LogP contribution in [0.5, 0.6) is 0 Å². The number of sulfone groups is 1. The minimum atomic E-state index is -3.10. The average molecular weight is 260 g/mol. The van der Waals surface area contributed by atoms with Gasteiger partial charge in [-0.25, -0.2) is 8.42 Å². The summed E-state index contributed by atoms with van der Waals surface area (Å²) in [7, 11) is -1.38. The molecule has 0 saturated carbocycles. The molecule has 0 unspecified atom stereocenters. The Morgan fingerprint density at radius 3 is 2.76 bits per heavy atom. The van der Waals surface area contributed by atoms with Crippen molar-refractivity contribution in [3.05, 3.63) is 12.3 Å². The molecule has 1 amide bonds. The molecule has 0 aliphatic rings. The fourth-order valence-corrected chi connectivity index (χ4v) is 1.85. The highest BCUT2D eigenvalue weighted by molar-refractivity contribution is 7.90. The van der Waals surface area contributed by atoms with E-state index in [1.165, 1.54) is 4.68 Å². The number of nitrogens with two attached hydrogens (primary N) is 1. The molecule has 0 spiro atoms. The lowest BCUT2D eigenvalue weighted by Gasteiger charge is -2.09. The van der Waals surface area contributed by atoms with E-state index in [0.717, 1.165) is 6.26 Å². The van der Waals surface area contributed by atoms with E-state index in [9.17, 15) is 13.2 Å². The fraction of sp³-hybridized carbons (Fsp3) is 0.556. The molecule has 3 N–H and O–H groups in total. The molecule has 96 valence electrons. The minimum absolute atomic E-state index is 0.0947. The van der Waals surface area contributed by atoms with E-state index in [-0.39, 0.29) is 12.2 Å². The third-order valence-electron chi connectivity index (χ3n) is 2.10. The van der Waals surface area contributed by atoms with Crippen LogP contribution in [0.25, 0.3) is 0 Å². The summed E-state index contributed by atoms with van der Waals surface area (Å²) in [5.74, 6) is -0.149. The summed E-state index contributed by atoms with van der Waals surface area (Å²) < 4.78 is 23.4. The van der Waals surface area contributed by atoms with Crippen LogP contribution in [-0.2, 0) is 21.7 Å². The monoisotopic (exact) mass is 260 g/mol. The van der Waals surface area contributed by atoms with Gasteiger partial charge in [-0.1, -0.05) is 0 Å². The molecule has 1 atom stereocenters. The van der Waals surface area contributed by atoms with Gasteiger partial charge in [0.15, 0.2) is 5.82 Å². The van der Waals surface area contributed by atoms with Gasteiger partial charge >= 0.3 is 0 Å². The lowest BCUT2D eigenvalue weighted by atomic mass is 10.2. The molecule has 0 aliphatic heterocycles. The second-order valence-electron chi connectivity index (χ2n) is 3.89. The first-order valence-corrected chi connectivity index (χ1v) is 7.08. The van der Waals surface area contributed by atoms with Crippen molar-refractivity contribution in [1.82, 2.24) is 9.78 Å². The number of carbonyl (C=O) groups is 1. The van der Waals surface area contributed by atoms with Gasteiger partial charge in [0, 0.05) is 25.6 Å². The van der Waals surface area contributed by atoms with Crippen LogP contribution in [0.4, 0.5) is 5.82 Å². The van der Waals surface area contributed by atoms with E-state index in [0.29, 0.717) is 5.82 Å². The zero-order valence-corrected chi connectivity index (χ0v) is 10.6. The van der Waals surface area contributed by atoms with Crippen molar-refractivity contribution in [2.75, 3.05) is 17.3 Å². The van der Waals surface area contributed by atoms with E-state index in [4.69, 9.17) is 5.73 Å². The maximum atomic E-state index is 11.6. The lowest BCUT2D eigenvalue weighted by Crippen LogP contribution is -2.37. The normalized spacial score (nSPS) is 13.4. The number of nitrogens with zero attached hydrogens (tertiary/aromatic N) is 2. The van der Waals surface area contributed by atoms with E-state index in [1.54, 1.807) is 19.3 Å². The molecule has 8 heteroatoms. The molecule has 0 fully saturated rings. The van der Waals surface area contributed by atoms with Gasteiger partial charge in [0.25, 0.3) is 0 Å². The maximum absolute atomic E-state index is 11.6. The number of anilines is 1. The largest absolute Gasteiger partial charge is 0.320 e. The standard InChI is InChI=1S/C9H16N4O3S/c1-13-5-3-8(12-13)11-9(14)7(10)4-6-17(2,15)16/h3,5,7H,4,6,10H2,1-2H3,(H,11,12,14)/t7-/m0/s1. The van der Waals surface area contributed by atoms with Crippen LogP contribution in [0, 0.1) is 0 Å². The molecule has 0 aromatic carbocycles. The molecule has 1 rings (SSSR count). The van der Waals surface area contributed by atoms with Crippen LogP contribution in [0.3, 0.4) is 0 Å². The molecular weight excluding hydrogens is 244 g/mol. The van der Waals surface area contributed by atoms with Crippen molar-refractivity contribution in [3.63, 3.8) is 0 Å². The van der Waals surface area contributed by atoms with Gasteiger partial charge in [0.2, 0.25) is 5.91 Å². The average Bonchev–Trinajstić information content (AvgIpc) is 2.59. The smallest absolute Gasteiger partial charge is 0.242 e. The van der Waals surface area contributed by atoms with Crippen LogP contribution in [-0.4, -0.2) is 42.2 Å². The van der Waals surface area contributed by atoms with Crippen molar-refractivity contribution in [1.29, 1.82) is 0 Å². The third-order valence-corrected chi connectivity index (χ3v) is 3.08. The third kappa shape index (κ3) is 4.96. The highest BCUT2D eigenvalue weighted by Crippen LogP contribution is 2.03. The van der Waals surface area contributed by atoms with E-state index >= 15 is 0 Å². The lowest BCUT2D eigenvalue weighted by molar-refractivity contribution is -0.117. The van der Waals surface area contributed by atoms with Crippen LogP contribution in [0.1, 0.15) is 6.42 Å². The number of aromatic nitrogens is 2. The number of amides is 1. The predicted octanol–water partition coefficient (Wildman–Crippen LogP) is -0.879. The first-order chi connectivity index (χ1) is 7.78. The van der Waals surface area contributed by atoms with E-state index in [1.807, 2.05) is 0 Å². The molecule has 0 bridgehead atoms. The molecule has 0 radical (unpaired) electrons.